The first kappa shape index (κ1) is 24.6. The van der Waals surface area contributed by atoms with Gasteiger partial charge in [-0.05, 0) is 107 Å². The molecule has 0 amide bonds. The van der Waals surface area contributed by atoms with Crippen molar-refractivity contribution in [3.05, 3.63) is 28.4 Å². The number of carbonyl (C=O) groups excluding carboxylic acids is 2. The average Bonchev–Trinajstić information content (AvgIpc) is 2.64. The molecule has 0 aliphatic carbocycles. The van der Waals surface area contributed by atoms with Gasteiger partial charge in [0.25, 0.3) is 0 Å². The Morgan fingerprint density at radius 1 is 1.14 bits per heavy atom. The van der Waals surface area contributed by atoms with Crippen molar-refractivity contribution in [3.8, 4) is 0 Å². The molecule has 2 rings (SSSR count). The molecule has 0 unspecified atom stereocenters. The number of esters is 2. The third-order valence-corrected chi connectivity index (χ3v) is 8.69. The molecule has 1 heterocycles. The molecule has 1 saturated heterocycles. The van der Waals surface area contributed by atoms with Crippen molar-refractivity contribution in [2.24, 2.45) is 5.92 Å². The molecule has 1 aromatic rings. The lowest BCUT2D eigenvalue weighted by molar-refractivity contribution is -0.665. The lowest BCUT2D eigenvalue weighted by atomic mass is 9.83. The number of rotatable bonds is 8. The van der Waals surface area contributed by atoms with Gasteiger partial charge in [-0.3, -0.25) is 4.79 Å². The maximum atomic E-state index is 12.3. The van der Waals surface area contributed by atoms with Crippen molar-refractivity contribution in [2.45, 2.75) is 51.6 Å². The van der Waals surface area contributed by atoms with Crippen LogP contribution in [-0.4, -0.2) is 37.2 Å². The summed E-state index contributed by atoms with van der Waals surface area (Å²) < 4.78 is 14.1. The predicted octanol–water partition coefficient (Wildman–Crippen LogP) is 4.12. The highest BCUT2D eigenvalue weighted by Crippen LogP contribution is 2.28. The summed E-state index contributed by atoms with van der Waals surface area (Å²) in [6.45, 7) is 6.57. The standard InChI is InChI=1S/C20H26I3NO4/c1-20(2,13-6-8-24-9-7-13)28-17(25)5-3-4-10-27-19(26)15-11-14(21)12-16(22)18(15)23/h11-13,24H,3-10H2,1-2H3/p+1. The van der Waals surface area contributed by atoms with Gasteiger partial charge in [-0.25, -0.2) is 4.79 Å². The highest BCUT2D eigenvalue weighted by atomic mass is 127. The topological polar surface area (TPSA) is 69.2 Å². The fourth-order valence-electron chi connectivity index (χ4n) is 3.37. The van der Waals surface area contributed by atoms with Gasteiger partial charge in [0.1, 0.15) is 5.60 Å². The molecular weight excluding hydrogens is 699 g/mol. The van der Waals surface area contributed by atoms with Crippen LogP contribution in [0, 0.1) is 16.6 Å². The van der Waals surface area contributed by atoms with Crippen LogP contribution >= 0.6 is 67.8 Å². The summed E-state index contributed by atoms with van der Waals surface area (Å²) in [6, 6.07) is 3.87. The summed E-state index contributed by atoms with van der Waals surface area (Å²) in [7, 11) is 0. The second kappa shape index (κ2) is 11.6. The van der Waals surface area contributed by atoms with Gasteiger partial charge in [-0.2, -0.15) is 0 Å². The maximum Gasteiger partial charge on any atom is 0.339 e. The summed E-state index contributed by atoms with van der Waals surface area (Å²) >= 11 is 6.59. The van der Waals surface area contributed by atoms with E-state index in [1.54, 1.807) is 0 Å². The number of hydrogen-bond donors (Lipinski definition) is 1. The van der Waals surface area contributed by atoms with E-state index in [9.17, 15) is 9.59 Å². The Morgan fingerprint density at radius 3 is 2.50 bits per heavy atom. The van der Waals surface area contributed by atoms with Crippen LogP contribution < -0.4 is 5.32 Å². The Labute approximate surface area is 207 Å². The van der Waals surface area contributed by atoms with Crippen molar-refractivity contribution in [1.82, 2.24) is 0 Å². The van der Waals surface area contributed by atoms with E-state index < -0.39 is 5.60 Å². The fourth-order valence-corrected chi connectivity index (χ4v) is 5.74. The molecule has 0 radical (unpaired) electrons. The zero-order valence-electron chi connectivity index (χ0n) is 16.2. The molecule has 0 spiro atoms. The van der Waals surface area contributed by atoms with E-state index in [-0.39, 0.29) is 11.9 Å². The highest BCUT2D eigenvalue weighted by Gasteiger charge is 2.35. The van der Waals surface area contributed by atoms with Crippen molar-refractivity contribution in [3.63, 3.8) is 0 Å². The molecular formula is C20H27I3NO4+. The number of carbonyl (C=O) groups is 2. The number of quaternary nitrogens is 1. The monoisotopic (exact) mass is 726 g/mol. The zero-order chi connectivity index (χ0) is 20.7. The number of piperidine rings is 1. The van der Waals surface area contributed by atoms with Crippen molar-refractivity contribution >= 4 is 79.7 Å². The van der Waals surface area contributed by atoms with Gasteiger partial charge in [-0.15, -0.1) is 0 Å². The molecule has 0 bridgehead atoms. The van der Waals surface area contributed by atoms with E-state index in [2.05, 4.69) is 73.1 Å². The van der Waals surface area contributed by atoms with E-state index in [1.165, 1.54) is 0 Å². The third-order valence-electron chi connectivity index (χ3n) is 5.02. The van der Waals surface area contributed by atoms with Crippen LogP contribution in [0.25, 0.3) is 0 Å². The van der Waals surface area contributed by atoms with Gasteiger partial charge >= 0.3 is 11.9 Å². The van der Waals surface area contributed by atoms with Crippen molar-refractivity contribution in [1.29, 1.82) is 0 Å². The molecule has 0 atom stereocenters. The first-order valence-corrected chi connectivity index (χ1v) is 12.8. The Bertz CT molecular complexity index is 703. The number of benzene rings is 1. The second-order valence-corrected chi connectivity index (χ2v) is 11.0. The molecule has 2 N–H and O–H groups in total. The Kier molecular flexibility index (Phi) is 10.2. The van der Waals surface area contributed by atoms with Crippen molar-refractivity contribution in [2.75, 3.05) is 19.7 Å². The second-order valence-electron chi connectivity index (χ2n) is 7.56. The van der Waals surface area contributed by atoms with E-state index in [4.69, 9.17) is 9.47 Å². The molecule has 1 aliphatic heterocycles. The minimum Gasteiger partial charge on any atom is -0.462 e. The molecule has 1 fully saturated rings. The molecule has 1 aliphatic rings. The SMILES string of the molecule is CC(C)(OC(=O)CCCCOC(=O)c1cc(I)cc(I)c1I)C1CC[NH2+]CC1. The maximum absolute atomic E-state index is 12.3. The summed E-state index contributed by atoms with van der Waals surface area (Å²) in [5.41, 5.74) is 0.193. The molecule has 0 aromatic heterocycles. The fraction of sp³-hybridized carbons (Fsp3) is 0.600. The minimum absolute atomic E-state index is 0.160. The number of halogens is 3. The van der Waals surface area contributed by atoms with Crippen molar-refractivity contribution < 1.29 is 24.4 Å². The molecule has 28 heavy (non-hydrogen) atoms. The number of unbranched alkanes of at least 4 members (excludes halogenated alkanes) is 1. The van der Waals surface area contributed by atoms with Gasteiger partial charge in [0.15, 0.2) is 0 Å². The van der Waals surface area contributed by atoms with Gasteiger partial charge in [-0.1, -0.05) is 0 Å². The van der Waals surface area contributed by atoms with E-state index >= 15 is 0 Å². The third kappa shape index (κ3) is 7.53. The molecule has 0 saturated carbocycles. The number of ether oxygens (including phenoxy) is 2. The van der Waals surface area contributed by atoms with E-state index in [0.717, 1.165) is 36.6 Å². The Balaban J connectivity index is 1.70. The van der Waals surface area contributed by atoms with Crippen LogP contribution in [0.3, 0.4) is 0 Å². The number of nitrogens with two attached hydrogens (primary N) is 1. The normalized spacial score (nSPS) is 15.3. The predicted molar refractivity (Wildman–Crippen MR) is 133 cm³/mol. The average molecular weight is 726 g/mol. The summed E-state index contributed by atoms with van der Waals surface area (Å²) in [6.07, 6.45) is 3.84. The zero-order valence-corrected chi connectivity index (χ0v) is 22.7. The minimum atomic E-state index is -0.407. The number of hydrogen-bond acceptors (Lipinski definition) is 4. The summed E-state index contributed by atoms with van der Waals surface area (Å²) in [4.78, 5) is 24.5. The lowest BCUT2D eigenvalue weighted by Crippen LogP contribution is -2.86. The van der Waals surface area contributed by atoms with Crippen LogP contribution in [0.2, 0.25) is 0 Å². The van der Waals surface area contributed by atoms with E-state index in [0.29, 0.717) is 37.4 Å². The summed E-state index contributed by atoms with van der Waals surface area (Å²) in [5, 5.41) is 2.31. The van der Waals surface area contributed by atoms with Gasteiger partial charge in [0, 0.05) is 35.9 Å². The molecule has 1 aromatic carbocycles. The van der Waals surface area contributed by atoms with E-state index in [1.807, 2.05) is 26.0 Å². The Morgan fingerprint density at radius 2 is 1.82 bits per heavy atom. The first-order valence-electron chi connectivity index (χ1n) is 9.56. The van der Waals surface area contributed by atoms with Crippen LogP contribution in [0.5, 0.6) is 0 Å². The van der Waals surface area contributed by atoms with Crippen LogP contribution in [0.4, 0.5) is 0 Å². The summed E-state index contributed by atoms with van der Waals surface area (Å²) in [5.74, 6) is -0.0346. The van der Waals surface area contributed by atoms with Crippen LogP contribution in [-0.2, 0) is 14.3 Å². The molecule has 8 heteroatoms. The molecule has 156 valence electrons. The first-order chi connectivity index (χ1) is 13.2. The van der Waals surface area contributed by atoms with Crippen LogP contribution in [0.15, 0.2) is 12.1 Å². The van der Waals surface area contributed by atoms with Gasteiger partial charge < -0.3 is 14.8 Å². The Hall–Kier alpha value is 0.310. The largest absolute Gasteiger partial charge is 0.462 e. The smallest absolute Gasteiger partial charge is 0.339 e. The quantitative estimate of drug-likeness (QED) is 0.190. The lowest BCUT2D eigenvalue weighted by Gasteiger charge is -2.35. The highest BCUT2D eigenvalue weighted by molar-refractivity contribution is 14.1. The van der Waals surface area contributed by atoms with Gasteiger partial charge in [0.2, 0.25) is 0 Å². The molecule has 5 nitrogen and oxygen atoms in total. The van der Waals surface area contributed by atoms with Gasteiger partial charge in [0.05, 0.1) is 25.3 Å². The van der Waals surface area contributed by atoms with Crippen LogP contribution in [0.1, 0.15) is 56.3 Å².